The van der Waals surface area contributed by atoms with E-state index in [0.717, 1.165) is 41.0 Å². The molecule has 0 radical (unpaired) electrons. The van der Waals surface area contributed by atoms with Crippen LogP contribution >= 0.6 is 11.8 Å². The number of amides is 1. The molecule has 1 N–H and O–H groups in total. The molecular formula is C20H25N3OS. The minimum absolute atomic E-state index is 0.0142. The smallest absolute Gasteiger partial charge is 0.255 e. The molecule has 1 atom stereocenters. The molecule has 2 aromatic heterocycles. The van der Waals surface area contributed by atoms with Gasteiger partial charge >= 0.3 is 0 Å². The highest BCUT2D eigenvalue weighted by Crippen LogP contribution is 2.38. The molecule has 2 aliphatic rings. The van der Waals surface area contributed by atoms with Crippen molar-refractivity contribution in [1.82, 2.24) is 14.7 Å². The molecule has 5 heteroatoms. The third-order valence-electron chi connectivity index (χ3n) is 5.53. The topological polar surface area (TPSA) is 46.4 Å². The molecule has 1 unspecified atom stereocenters. The van der Waals surface area contributed by atoms with Gasteiger partial charge in [-0.15, -0.1) is 11.8 Å². The van der Waals surface area contributed by atoms with E-state index in [4.69, 9.17) is 0 Å². The average Bonchev–Trinajstić information content (AvgIpc) is 3.25. The van der Waals surface area contributed by atoms with Crippen molar-refractivity contribution >= 4 is 23.3 Å². The van der Waals surface area contributed by atoms with Crippen molar-refractivity contribution in [3.63, 3.8) is 0 Å². The van der Waals surface area contributed by atoms with Gasteiger partial charge in [0.05, 0.1) is 5.56 Å². The van der Waals surface area contributed by atoms with Crippen molar-refractivity contribution in [3.8, 4) is 0 Å². The summed E-state index contributed by atoms with van der Waals surface area (Å²) in [4.78, 5) is 17.3. The van der Waals surface area contributed by atoms with E-state index in [9.17, 15) is 4.79 Å². The van der Waals surface area contributed by atoms with Crippen LogP contribution in [0.15, 0.2) is 29.8 Å². The van der Waals surface area contributed by atoms with E-state index in [1.165, 1.54) is 19.3 Å². The Morgan fingerprint density at radius 2 is 2.08 bits per heavy atom. The second-order valence-electron chi connectivity index (χ2n) is 7.33. The summed E-state index contributed by atoms with van der Waals surface area (Å²) in [5, 5.41) is 6.26. The van der Waals surface area contributed by atoms with Gasteiger partial charge in [0.2, 0.25) is 0 Å². The quantitative estimate of drug-likeness (QED) is 0.895. The van der Waals surface area contributed by atoms with Crippen LogP contribution in [0.1, 0.15) is 53.8 Å². The van der Waals surface area contributed by atoms with E-state index >= 15 is 0 Å². The predicted molar refractivity (Wildman–Crippen MR) is 103 cm³/mol. The van der Waals surface area contributed by atoms with E-state index in [1.54, 1.807) is 0 Å². The lowest BCUT2D eigenvalue weighted by Gasteiger charge is -2.32. The number of hydrogen-bond acceptors (Lipinski definition) is 3. The number of allylic oxidation sites excluding steroid dienone is 1. The minimum Gasteiger partial charge on any atom is -0.349 e. The van der Waals surface area contributed by atoms with Crippen molar-refractivity contribution in [1.29, 1.82) is 0 Å². The lowest BCUT2D eigenvalue weighted by molar-refractivity contribution is 0.0923. The molecule has 1 saturated carbocycles. The van der Waals surface area contributed by atoms with Crippen LogP contribution in [0.4, 0.5) is 0 Å². The fourth-order valence-electron chi connectivity index (χ4n) is 4.17. The number of nitrogens with zero attached hydrogens (tertiary/aromatic N) is 2. The van der Waals surface area contributed by atoms with E-state index < -0.39 is 0 Å². The highest BCUT2D eigenvalue weighted by atomic mass is 32.2. The number of aromatic nitrogens is 2. The molecule has 25 heavy (non-hydrogen) atoms. The molecule has 1 fully saturated rings. The first-order chi connectivity index (χ1) is 12.1. The van der Waals surface area contributed by atoms with Gasteiger partial charge < -0.3 is 9.72 Å². The molecule has 1 aliphatic carbocycles. The fraction of sp³-hybridized carbons (Fsp3) is 0.500. The average molecular weight is 356 g/mol. The monoisotopic (exact) mass is 355 g/mol. The van der Waals surface area contributed by atoms with Crippen molar-refractivity contribution in [2.24, 2.45) is 5.92 Å². The van der Waals surface area contributed by atoms with Gasteiger partial charge in [0, 0.05) is 28.9 Å². The molecule has 132 valence electrons. The molecule has 3 heterocycles. The predicted octanol–water partition coefficient (Wildman–Crippen LogP) is 4.26. The lowest BCUT2D eigenvalue weighted by Crippen LogP contribution is -2.38. The van der Waals surface area contributed by atoms with Crippen molar-refractivity contribution in [2.45, 2.75) is 57.2 Å². The Balaban J connectivity index is 1.41. The number of rotatable bonds is 3. The Labute approximate surface area is 153 Å². The van der Waals surface area contributed by atoms with Gasteiger partial charge in [-0.2, -0.15) is 0 Å². The summed E-state index contributed by atoms with van der Waals surface area (Å²) in [5.41, 5.74) is 3.49. The zero-order valence-corrected chi connectivity index (χ0v) is 15.7. The summed E-state index contributed by atoms with van der Waals surface area (Å²) in [7, 11) is 0. The lowest BCUT2D eigenvalue weighted by atomic mass is 9.83. The van der Waals surface area contributed by atoms with Crippen LogP contribution in [-0.2, 0) is 0 Å². The van der Waals surface area contributed by atoms with Gasteiger partial charge in [0.15, 0.2) is 0 Å². The van der Waals surface area contributed by atoms with Gasteiger partial charge in [0.25, 0.3) is 5.91 Å². The molecule has 4 nitrogen and oxygen atoms in total. The normalized spacial score (nSPS) is 26.2. The molecule has 0 aromatic carbocycles. The Morgan fingerprint density at radius 3 is 2.80 bits per heavy atom. The van der Waals surface area contributed by atoms with E-state index in [1.807, 2.05) is 48.3 Å². The first-order valence-electron chi connectivity index (χ1n) is 9.18. The molecule has 1 amide bonds. The second-order valence-corrected chi connectivity index (χ2v) is 8.48. The third kappa shape index (κ3) is 3.34. The molecule has 0 bridgehead atoms. The minimum atomic E-state index is 0.0142. The van der Waals surface area contributed by atoms with Gasteiger partial charge in [-0.3, -0.25) is 4.79 Å². The first kappa shape index (κ1) is 16.7. The van der Waals surface area contributed by atoms with Crippen LogP contribution in [-0.4, -0.2) is 26.6 Å². The van der Waals surface area contributed by atoms with Crippen molar-refractivity contribution in [3.05, 3.63) is 46.8 Å². The summed E-state index contributed by atoms with van der Waals surface area (Å²) in [5.74, 6) is 0.816. The molecule has 1 aliphatic heterocycles. The maximum atomic E-state index is 12.8. The Morgan fingerprint density at radius 1 is 1.28 bits per heavy atom. The van der Waals surface area contributed by atoms with Gasteiger partial charge in [-0.1, -0.05) is 6.08 Å². The van der Waals surface area contributed by atoms with E-state index in [-0.39, 0.29) is 5.91 Å². The summed E-state index contributed by atoms with van der Waals surface area (Å²) < 4.78 is 1.99. The second kappa shape index (κ2) is 6.87. The number of thioether (sulfide) groups is 1. The third-order valence-corrected chi connectivity index (χ3v) is 6.81. The van der Waals surface area contributed by atoms with Crippen molar-refractivity contribution < 1.29 is 4.79 Å². The van der Waals surface area contributed by atoms with E-state index in [2.05, 4.69) is 21.8 Å². The standard InChI is InChI=1S/C20H25N3OS/c1-13-12-14(2)23-10-9-17(19(23)21-13)20(24)22-16-7-5-15(6-8-16)18-4-3-11-25-18/h3,9-12,15-16,18H,4-8H2,1-2H3,(H,22,24). The van der Waals surface area contributed by atoms with Crippen LogP contribution in [0.25, 0.3) is 5.65 Å². The zero-order chi connectivity index (χ0) is 17.4. The SMILES string of the molecule is Cc1cc(C)n2ccc(C(=O)NC3CCC(C4CC=CS4)CC3)c2n1. The number of aryl methyl sites for hydroxylation is 2. The fourth-order valence-corrected chi connectivity index (χ4v) is 5.32. The van der Waals surface area contributed by atoms with Gasteiger partial charge in [0.1, 0.15) is 5.65 Å². The summed E-state index contributed by atoms with van der Waals surface area (Å²) in [6.07, 6.45) is 10.1. The molecule has 4 rings (SSSR count). The summed E-state index contributed by atoms with van der Waals surface area (Å²) >= 11 is 1.99. The number of nitrogens with one attached hydrogen (secondary N) is 1. The molecule has 0 saturated heterocycles. The molecular weight excluding hydrogens is 330 g/mol. The van der Waals surface area contributed by atoms with Crippen LogP contribution in [0, 0.1) is 19.8 Å². The number of hydrogen-bond donors (Lipinski definition) is 1. The molecule has 0 spiro atoms. The highest BCUT2D eigenvalue weighted by molar-refractivity contribution is 8.03. The highest BCUT2D eigenvalue weighted by Gasteiger charge is 2.29. The summed E-state index contributed by atoms with van der Waals surface area (Å²) in [6, 6.07) is 4.21. The number of carbonyl (C=O) groups is 1. The maximum Gasteiger partial charge on any atom is 0.255 e. The number of carbonyl (C=O) groups excluding carboxylic acids is 1. The Kier molecular flexibility index (Phi) is 4.59. The summed E-state index contributed by atoms with van der Waals surface area (Å²) in [6.45, 7) is 4.01. The Hall–Kier alpha value is -1.75. The van der Waals surface area contributed by atoms with Gasteiger partial charge in [-0.05, 0) is 69.4 Å². The molecule has 2 aromatic rings. The van der Waals surface area contributed by atoms with Crippen LogP contribution < -0.4 is 5.32 Å². The first-order valence-corrected chi connectivity index (χ1v) is 10.1. The number of fused-ring (bicyclic) bond motifs is 1. The van der Waals surface area contributed by atoms with Crippen LogP contribution in [0.2, 0.25) is 0 Å². The maximum absolute atomic E-state index is 12.8. The van der Waals surface area contributed by atoms with Gasteiger partial charge in [-0.25, -0.2) is 4.98 Å². The van der Waals surface area contributed by atoms with Crippen LogP contribution in [0.3, 0.4) is 0 Å². The van der Waals surface area contributed by atoms with E-state index in [0.29, 0.717) is 11.6 Å². The zero-order valence-electron chi connectivity index (χ0n) is 14.9. The Bertz CT molecular complexity index is 810. The van der Waals surface area contributed by atoms with Crippen LogP contribution in [0.5, 0.6) is 0 Å². The largest absolute Gasteiger partial charge is 0.349 e. The van der Waals surface area contributed by atoms with Crippen molar-refractivity contribution in [2.75, 3.05) is 0 Å².